The van der Waals surface area contributed by atoms with E-state index in [0.29, 0.717) is 19.3 Å². The molecule has 0 aromatic heterocycles. The van der Waals surface area contributed by atoms with Crippen LogP contribution in [0, 0.1) is 0 Å². The fourth-order valence-electron chi connectivity index (χ4n) is 7.00. The molecule has 1 rings (SSSR count). The Labute approximate surface area is 379 Å². The molecule has 0 aromatic carbocycles. The van der Waals surface area contributed by atoms with Crippen LogP contribution in [0.4, 0.5) is 0 Å². The standard InChI is InChI=1S/C49H85O13P/c1-3-5-7-9-11-13-15-17-18-19-20-21-22-23-24-26-27-29-31-33-35-37-42(50)59-39-41(40-60-63(57,58)62-49-47(55)45(53)44(52)46(54)48(49)56)61-43(51)38-36-34-32-30-28-25-16-14-12-10-8-6-4-2/h6,8,12,14,19-20,25,28,32,34,41,44-49,52-56H,3-5,7,9-11,13,15-18,21-24,26-27,29-31,33,35-40H2,1-2H3,(H,57,58)/b8-6-,14-12-,20-19-,28-25-,34-32-. The highest BCUT2D eigenvalue weighted by molar-refractivity contribution is 7.47. The van der Waals surface area contributed by atoms with E-state index in [-0.39, 0.29) is 12.8 Å². The van der Waals surface area contributed by atoms with E-state index in [1.54, 1.807) is 0 Å². The average Bonchev–Trinajstić information content (AvgIpc) is 3.26. The molecule has 6 atom stereocenters. The third-order valence-corrected chi connectivity index (χ3v) is 11.8. The van der Waals surface area contributed by atoms with Crippen LogP contribution in [0.2, 0.25) is 0 Å². The summed E-state index contributed by atoms with van der Waals surface area (Å²) in [6.45, 7) is 3.12. The third-order valence-electron chi connectivity index (χ3n) is 10.9. The number of allylic oxidation sites excluding steroid dienone is 10. The first-order valence-electron chi connectivity index (χ1n) is 24.1. The quantitative estimate of drug-likeness (QED) is 0.0147. The SMILES string of the molecule is CC/C=C\C/C=C\C/C=C\C/C=C\CCC(=O)OC(COC(=O)CCCCCCCCCCC/C=C\CCCCCCCCCC)COP(=O)(O)OC1C(O)C(O)C(O)C(O)C1O. The van der Waals surface area contributed by atoms with Crippen LogP contribution in [0.15, 0.2) is 60.8 Å². The monoisotopic (exact) mass is 913 g/mol. The van der Waals surface area contributed by atoms with Crippen molar-refractivity contribution in [1.82, 2.24) is 0 Å². The number of hydrogen-bond acceptors (Lipinski definition) is 12. The lowest BCUT2D eigenvalue weighted by Gasteiger charge is -2.41. The Morgan fingerprint density at radius 3 is 1.44 bits per heavy atom. The molecule has 0 aliphatic heterocycles. The largest absolute Gasteiger partial charge is 0.472 e. The van der Waals surface area contributed by atoms with Gasteiger partial charge >= 0.3 is 19.8 Å². The van der Waals surface area contributed by atoms with Gasteiger partial charge in [0.1, 0.15) is 43.2 Å². The molecule has 0 bridgehead atoms. The Hall–Kier alpha value is -2.45. The highest BCUT2D eigenvalue weighted by atomic mass is 31.2. The van der Waals surface area contributed by atoms with Crippen LogP contribution in [0.1, 0.15) is 181 Å². The van der Waals surface area contributed by atoms with Crippen molar-refractivity contribution in [2.24, 2.45) is 0 Å². The maximum atomic E-state index is 12.8. The second-order valence-corrected chi connectivity index (χ2v) is 18.0. The highest BCUT2D eigenvalue weighted by Gasteiger charge is 2.51. The lowest BCUT2D eigenvalue weighted by molar-refractivity contribution is -0.220. The molecule has 63 heavy (non-hydrogen) atoms. The first kappa shape index (κ1) is 58.6. The van der Waals surface area contributed by atoms with Gasteiger partial charge in [-0.25, -0.2) is 4.57 Å². The average molecular weight is 913 g/mol. The molecule has 6 N–H and O–H groups in total. The Morgan fingerprint density at radius 2 is 0.937 bits per heavy atom. The van der Waals surface area contributed by atoms with Crippen molar-refractivity contribution in [2.45, 2.75) is 224 Å². The van der Waals surface area contributed by atoms with Gasteiger partial charge in [0.05, 0.1) is 6.61 Å². The van der Waals surface area contributed by atoms with Crippen LogP contribution >= 0.6 is 7.82 Å². The van der Waals surface area contributed by atoms with Gasteiger partial charge in [0, 0.05) is 12.8 Å². The maximum Gasteiger partial charge on any atom is 0.472 e. The molecule has 0 radical (unpaired) electrons. The van der Waals surface area contributed by atoms with Gasteiger partial charge in [0.25, 0.3) is 0 Å². The third kappa shape index (κ3) is 31.2. The predicted molar refractivity (Wildman–Crippen MR) is 249 cm³/mol. The zero-order valence-electron chi connectivity index (χ0n) is 38.6. The molecule has 14 heteroatoms. The smallest absolute Gasteiger partial charge is 0.462 e. The molecule has 0 heterocycles. The van der Waals surface area contributed by atoms with Crippen LogP contribution in [0.3, 0.4) is 0 Å². The number of carbonyl (C=O) groups excluding carboxylic acids is 2. The first-order valence-corrected chi connectivity index (χ1v) is 25.6. The minimum atomic E-state index is -5.14. The number of esters is 2. The zero-order valence-corrected chi connectivity index (χ0v) is 39.5. The van der Waals surface area contributed by atoms with Crippen LogP contribution in [0.25, 0.3) is 0 Å². The molecule has 0 amide bonds. The summed E-state index contributed by atoms with van der Waals surface area (Å²) in [6.07, 6.45) is 34.5. The van der Waals surface area contributed by atoms with E-state index in [4.69, 9.17) is 18.5 Å². The molecule has 1 saturated carbocycles. The summed E-state index contributed by atoms with van der Waals surface area (Å²) in [5.41, 5.74) is 0. The van der Waals surface area contributed by atoms with Crippen molar-refractivity contribution in [3.05, 3.63) is 60.8 Å². The van der Waals surface area contributed by atoms with Gasteiger partial charge in [-0.3, -0.25) is 18.6 Å². The van der Waals surface area contributed by atoms with E-state index in [9.17, 15) is 44.6 Å². The van der Waals surface area contributed by atoms with Crippen molar-refractivity contribution < 1.29 is 63.1 Å². The van der Waals surface area contributed by atoms with Gasteiger partial charge in [-0.2, -0.15) is 0 Å². The number of phosphoric ester groups is 1. The number of rotatable bonds is 39. The summed E-state index contributed by atoms with van der Waals surface area (Å²) in [6, 6.07) is 0. The summed E-state index contributed by atoms with van der Waals surface area (Å²) < 4.78 is 33.4. The molecule has 0 saturated heterocycles. The fourth-order valence-corrected chi connectivity index (χ4v) is 7.97. The van der Waals surface area contributed by atoms with Gasteiger partial charge in [0.15, 0.2) is 6.10 Å². The Morgan fingerprint density at radius 1 is 0.508 bits per heavy atom. The van der Waals surface area contributed by atoms with Crippen molar-refractivity contribution in [3.8, 4) is 0 Å². The predicted octanol–water partition coefficient (Wildman–Crippen LogP) is 9.73. The minimum Gasteiger partial charge on any atom is -0.462 e. The summed E-state index contributed by atoms with van der Waals surface area (Å²) in [5, 5.41) is 50.1. The zero-order chi connectivity index (χ0) is 46.4. The molecule has 0 aromatic rings. The number of aliphatic hydroxyl groups excluding tert-OH is 5. The van der Waals surface area contributed by atoms with Gasteiger partial charge in [0.2, 0.25) is 0 Å². The van der Waals surface area contributed by atoms with Crippen LogP contribution in [-0.2, 0) is 32.7 Å². The van der Waals surface area contributed by atoms with Gasteiger partial charge in [-0.15, -0.1) is 0 Å². The van der Waals surface area contributed by atoms with E-state index in [2.05, 4.69) is 56.4 Å². The van der Waals surface area contributed by atoms with Gasteiger partial charge < -0.3 is 39.9 Å². The maximum absolute atomic E-state index is 12.8. The molecule has 1 aliphatic rings. The molecule has 13 nitrogen and oxygen atoms in total. The number of phosphoric acid groups is 1. The van der Waals surface area contributed by atoms with Crippen LogP contribution in [0.5, 0.6) is 0 Å². The lowest BCUT2D eigenvalue weighted by Crippen LogP contribution is -2.64. The molecule has 6 unspecified atom stereocenters. The van der Waals surface area contributed by atoms with Crippen molar-refractivity contribution in [3.63, 3.8) is 0 Å². The Kier molecular flexibility index (Phi) is 36.1. The molecule has 1 fully saturated rings. The van der Waals surface area contributed by atoms with Gasteiger partial charge in [-0.1, -0.05) is 164 Å². The van der Waals surface area contributed by atoms with E-state index in [1.807, 2.05) is 18.2 Å². The Balaban J connectivity index is 2.43. The number of ether oxygens (including phenoxy) is 2. The van der Waals surface area contributed by atoms with E-state index in [1.165, 1.54) is 83.5 Å². The topological polar surface area (TPSA) is 210 Å². The number of aliphatic hydroxyl groups is 5. The summed E-state index contributed by atoms with van der Waals surface area (Å²) >= 11 is 0. The van der Waals surface area contributed by atoms with Crippen LogP contribution in [-0.4, -0.2) is 98.3 Å². The minimum absolute atomic E-state index is 0.0265. The normalized spacial score (nSPS) is 22.2. The first-order chi connectivity index (χ1) is 30.4. The number of carbonyl (C=O) groups is 2. The second-order valence-electron chi connectivity index (χ2n) is 16.6. The fraction of sp³-hybridized carbons (Fsp3) is 0.755. The molecule has 364 valence electrons. The van der Waals surface area contributed by atoms with E-state index >= 15 is 0 Å². The number of hydrogen-bond donors (Lipinski definition) is 6. The highest BCUT2D eigenvalue weighted by Crippen LogP contribution is 2.47. The van der Waals surface area contributed by atoms with Crippen molar-refractivity contribution in [2.75, 3.05) is 13.2 Å². The molecule has 1 aliphatic carbocycles. The van der Waals surface area contributed by atoms with E-state index in [0.717, 1.165) is 51.4 Å². The van der Waals surface area contributed by atoms with Crippen molar-refractivity contribution in [1.29, 1.82) is 0 Å². The lowest BCUT2D eigenvalue weighted by atomic mass is 9.85. The van der Waals surface area contributed by atoms with E-state index < -0.39 is 75.7 Å². The summed E-state index contributed by atoms with van der Waals surface area (Å²) in [7, 11) is -5.14. The van der Waals surface area contributed by atoms with Gasteiger partial charge in [-0.05, 0) is 64.2 Å². The van der Waals surface area contributed by atoms with Crippen LogP contribution < -0.4 is 0 Å². The molecular weight excluding hydrogens is 828 g/mol. The summed E-state index contributed by atoms with van der Waals surface area (Å²) in [4.78, 5) is 35.7. The van der Waals surface area contributed by atoms with Crippen molar-refractivity contribution >= 4 is 19.8 Å². The molecular formula is C49H85O13P. The Bertz CT molecular complexity index is 1330. The second kappa shape index (κ2) is 38.8. The molecule has 0 spiro atoms. The number of unbranched alkanes of at least 4 members (excludes halogenated alkanes) is 17. The summed E-state index contributed by atoms with van der Waals surface area (Å²) in [5.74, 6) is -1.20.